The lowest BCUT2D eigenvalue weighted by Crippen LogP contribution is -2.33. The molecule has 0 unspecified atom stereocenters. The van der Waals surface area contributed by atoms with Crippen molar-refractivity contribution in [3.8, 4) is 5.75 Å². The fraction of sp³-hybridized carbons (Fsp3) is 0.250. The number of ether oxygens (including phenoxy) is 1. The minimum Gasteiger partial charge on any atom is -0.495 e. The standard InChI is InChI=1S/C8H12N2O3S/c1-10(9)14(11,12)8-6-4-3-5-7(8)13-2/h3-6H,9H2,1-2H3. The van der Waals surface area contributed by atoms with Gasteiger partial charge in [0.15, 0.2) is 0 Å². The molecule has 0 atom stereocenters. The number of hydrogen-bond acceptors (Lipinski definition) is 4. The summed E-state index contributed by atoms with van der Waals surface area (Å²) in [4.78, 5) is 0.0625. The molecule has 14 heavy (non-hydrogen) atoms. The number of methoxy groups -OCH3 is 1. The zero-order valence-electron chi connectivity index (χ0n) is 7.97. The Morgan fingerprint density at radius 3 is 2.43 bits per heavy atom. The van der Waals surface area contributed by atoms with Crippen molar-refractivity contribution in [1.82, 2.24) is 4.41 Å². The number of benzene rings is 1. The van der Waals surface area contributed by atoms with Gasteiger partial charge in [-0.05, 0) is 12.1 Å². The highest BCUT2D eigenvalue weighted by atomic mass is 32.2. The van der Waals surface area contributed by atoms with Crippen LogP contribution in [-0.2, 0) is 10.0 Å². The summed E-state index contributed by atoms with van der Waals surface area (Å²) in [5, 5.41) is 0. The van der Waals surface area contributed by atoms with E-state index in [4.69, 9.17) is 10.6 Å². The Morgan fingerprint density at radius 2 is 1.93 bits per heavy atom. The van der Waals surface area contributed by atoms with Gasteiger partial charge < -0.3 is 4.74 Å². The third kappa shape index (κ3) is 1.87. The van der Waals surface area contributed by atoms with E-state index < -0.39 is 10.0 Å². The van der Waals surface area contributed by atoms with Gasteiger partial charge in [-0.25, -0.2) is 8.42 Å². The van der Waals surface area contributed by atoms with E-state index in [1.165, 1.54) is 20.2 Å². The Morgan fingerprint density at radius 1 is 1.36 bits per heavy atom. The van der Waals surface area contributed by atoms with Crippen molar-refractivity contribution in [3.63, 3.8) is 0 Å². The van der Waals surface area contributed by atoms with Crippen molar-refractivity contribution >= 4 is 10.0 Å². The number of sulfonamides is 1. The molecule has 78 valence electrons. The van der Waals surface area contributed by atoms with Crippen molar-refractivity contribution in [2.24, 2.45) is 5.84 Å². The fourth-order valence-corrected chi connectivity index (χ4v) is 1.95. The van der Waals surface area contributed by atoms with Crippen molar-refractivity contribution in [3.05, 3.63) is 24.3 Å². The van der Waals surface area contributed by atoms with E-state index in [2.05, 4.69) is 0 Å². The predicted octanol–water partition coefficient (Wildman–Crippen LogP) is 0.189. The van der Waals surface area contributed by atoms with Gasteiger partial charge in [0.25, 0.3) is 10.0 Å². The summed E-state index contributed by atoms with van der Waals surface area (Å²) >= 11 is 0. The molecule has 0 saturated heterocycles. The molecule has 0 spiro atoms. The van der Waals surface area contributed by atoms with Gasteiger partial charge in [0.2, 0.25) is 0 Å². The van der Waals surface area contributed by atoms with Crippen LogP contribution in [0.1, 0.15) is 0 Å². The minimum absolute atomic E-state index is 0.0625. The summed E-state index contributed by atoms with van der Waals surface area (Å²) < 4.78 is 28.8. The third-order valence-corrected chi connectivity index (χ3v) is 3.38. The molecule has 0 bridgehead atoms. The molecule has 1 aromatic rings. The first kappa shape index (κ1) is 11.0. The van der Waals surface area contributed by atoms with Gasteiger partial charge in [-0.3, -0.25) is 5.84 Å². The first-order chi connectivity index (χ1) is 6.50. The molecule has 0 aliphatic carbocycles. The summed E-state index contributed by atoms with van der Waals surface area (Å²) in [7, 11) is -0.960. The lowest BCUT2D eigenvalue weighted by Gasteiger charge is -2.13. The molecule has 0 heterocycles. The van der Waals surface area contributed by atoms with E-state index >= 15 is 0 Å². The van der Waals surface area contributed by atoms with E-state index in [1.54, 1.807) is 18.2 Å². The van der Waals surface area contributed by atoms with E-state index in [-0.39, 0.29) is 10.6 Å². The van der Waals surface area contributed by atoms with E-state index in [9.17, 15) is 8.42 Å². The maximum absolute atomic E-state index is 11.6. The highest BCUT2D eigenvalue weighted by Gasteiger charge is 2.21. The zero-order chi connectivity index (χ0) is 10.8. The summed E-state index contributed by atoms with van der Waals surface area (Å²) in [6.07, 6.45) is 0. The van der Waals surface area contributed by atoms with Crippen LogP contribution in [0.3, 0.4) is 0 Å². The summed E-state index contributed by atoms with van der Waals surface area (Å²) in [5.41, 5.74) is 0. The van der Waals surface area contributed by atoms with Crippen molar-refractivity contribution < 1.29 is 13.2 Å². The largest absolute Gasteiger partial charge is 0.495 e. The van der Waals surface area contributed by atoms with Crippen LogP contribution < -0.4 is 10.6 Å². The number of para-hydroxylation sites is 1. The van der Waals surface area contributed by atoms with E-state index in [0.717, 1.165) is 0 Å². The van der Waals surface area contributed by atoms with Gasteiger partial charge in [0, 0.05) is 7.05 Å². The van der Waals surface area contributed by atoms with Gasteiger partial charge in [-0.1, -0.05) is 12.1 Å². The molecule has 0 fully saturated rings. The number of nitrogens with zero attached hydrogens (tertiary/aromatic N) is 1. The number of hydrogen-bond donors (Lipinski definition) is 1. The van der Waals surface area contributed by atoms with Crippen LogP contribution in [-0.4, -0.2) is 27.0 Å². The smallest absolute Gasteiger partial charge is 0.259 e. The number of hydrazine groups is 1. The highest BCUT2D eigenvalue weighted by Crippen LogP contribution is 2.23. The first-order valence-electron chi connectivity index (χ1n) is 3.87. The molecule has 0 amide bonds. The van der Waals surface area contributed by atoms with E-state index in [0.29, 0.717) is 4.41 Å². The molecule has 0 aliphatic rings. The normalized spacial score (nSPS) is 11.7. The molecule has 0 saturated carbocycles. The molecule has 0 radical (unpaired) electrons. The third-order valence-electron chi connectivity index (χ3n) is 1.73. The van der Waals surface area contributed by atoms with Gasteiger partial charge in [0.05, 0.1) is 7.11 Å². The highest BCUT2D eigenvalue weighted by molar-refractivity contribution is 7.89. The molecule has 5 nitrogen and oxygen atoms in total. The van der Waals surface area contributed by atoms with Gasteiger partial charge in [-0.2, -0.15) is 0 Å². The summed E-state index contributed by atoms with van der Waals surface area (Å²) in [6, 6.07) is 6.31. The maximum Gasteiger partial charge on any atom is 0.259 e. The van der Waals surface area contributed by atoms with Crippen molar-refractivity contribution in [1.29, 1.82) is 0 Å². The topological polar surface area (TPSA) is 72.6 Å². The monoisotopic (exact) mass is 216 g/mol. The first-order valence-corrected chi connectivity index (χ1v) is 5.31. The van der Waals surface area contributed by atoms with Gasteiger partial charge in [-0.15, -0.1) is 4.41 Å². The van der Waals surface area contributed by atoms with Crippen molar-refractivity contribution in [2.75, 3.05) is 14.2 Å². The van der Waals surface area contributed by atoms with Crippen LogP contribution in [0.4, 0.5) is 0 Å². The number of rotatable bonds is 3. The average molecular weight is 216 g/mol. The van der Waals surface area contributed by atoms with Crippen molar-refractivity contribution in [2.45, 2.75) is 4.90 Å². The van der Waals surface area contributed by atoms with Gasteiger partial charge >= 0.3 is 0 Å². The van der Waals surface area contributed by atoms with Crippen LogP contribution >= 0.6 is 0 Å². The molecule has 0 aromatic heterocycles. The molecule has 6 heteroatoms. The lowest BCUT2D eigenvalue weighted by molar-refractivity contribution is 0.399. The Kier molecular flexibility index (Phi) is 3.10. The SMILES string of the molecule is COc1ccccc1S(=O)(=O)N(C)N. The zero-order valence-corrected chi connectivity index (χ0v) is 8.78. The molecular weight excluding hydrogens is 204 g/mol. The second-order valence-electron chi connectivity index (χ2n) is 2.67. The molecule has 0 aliphatic heterocycles. The Balaban J connectivity index is 3.32. The van der Waals surface area contributed by atoms with Crippen LogP contribution in [0, 0.1) is 0 Å². The lowest BCUT2D eigenvalue weighted by atomic mass is 10.3. The maximum atomic E-state index is 11.6. The second-order valence-corrected chi connectivity index (χ2v) is 4.64. The summed E-state index contributed by atoms with van der Waals surface area (Å²) in [6.45, 7) is 0. The second kappa shape index (κ2) is 3.95. The van der Waals surface area contributed by atoms with Crippen LogP contribution in [0.2, 0.25) is 0 Å². The van der Waals surface area contributed by atoms with Crippen LogP contribution in [0.25, 0.3) is 0 Å². The Labute approximate surface area is 83.1 Å². The number of nitrogens with two attached hydrogens (primary N) is 1. The Hall–Kier alpha value is -1.11. The average Bonchev–Trinajstić information content (AvgIpc) is 2.17. The van der Waals surface area contributed by atoms with Gasteiger partial charge in [0.1, 0.15) is 10.6 Å². The molecule has 2 N–H and O–H groups in total. The van der Waals surface area contributed by atoms with E-state index in [1.807, 2.05) is 0 Å². The fourth-order valence-electron chi connectivity index (χ4n) is 0.987. The summed E-state index contributed by atoms with van der Waals surface area (Å²) in [5.74, 6) is 5.50. The predicted molar refractivity (Wildman–Crippen MR) is 52.1 cm³/mol. The van der Waals surface area contributed by atoms with Crippen LogP contribution in [0.5, 0.6) is 5.75 Å². The molecule has 1 aromatic carbocycles. The quantitative estimate of drug-likeness (QED) is 0.578. The molecular formula is C8H12N2O3S. The Bertz CT molecular complexity index is 414. The minimum atomic E-state index is -3.63. The van der Waals surface area contributed by atoms with Crippen LogP contribution in [0.15, 0.2) is 29.2 Å². The molecule has 1 rings (SSSR count).